The van der Waals surface area contributed by atoms with Crippen molar-refractivity contribution in [2.24, 2.45) is 23.5 Å². The van der Waals surface area contributed by atoms with Gasteiger partial charge in [0.15, 0.2) is 0 Å². The molecule has 1 aromatic rings. The molecule has 2 bridgehead atoms. The Balaban J connectivity index is 1.64. The first-order valence-electron chi connectivity index (χ1n) is 9.00. The maximum Gasteiger partial charge on any atom is 0.253 e. The van der Waals surface area contributed by atoms with Crippen LogP contribution in [0.3, 0.4) is 0 Å². The van der Waals surface area contributed by atoms with Gasteiger partial charge in [-0.15, -0.1) is 0 Å². The zero-order valence-electron chi connectivity index (χ0n) is 14.5. The van der Waals surface area contributed by atoms with Crippen molar-refractivity contribution in [3.63, 3.8) is 0 Å². The first-order valence-corrected chi connectivity index (χ1v) is 9.00. The molecule has 3 rings (SSSR count). The van der Waals surface area contributed by atoms with Gasteiger partial charge in [-0.2, -0.15) is 0 Å². The number of amides is 2. The van der Waals surface area contributed by atoms with Crippen LogP contribution in [0.1, 0.15) is 43.5 Å². The smallest absolute Gasteiger partial charge is 0.253 e. The summed E-state index contributed by atoms with van der Waals surface area (Å²) in [4.78, 5) is 26.6. The summed E-state index contributed by atoms with van der Waals surface area (Å²) in [6.07, 6.45) is 3.38. The molecule has 0 heterocycles. The van der Waals surface area contributed by atoms with E-state index in [1.165, 1.54) is 0 Å². The summed E-state index contributed by atoms with van der Waals surface area (Å²) in [5.41, 5.74) is 7.61. The van der Waals surface area contributed by atoms with Gasteiger partial charge in [-0.3, -0.25) is 9.59 Å². The number of nitrogens with zero attached hydrogens (tertiary/aromatic N) is 1. The average Bonchev–Trinajstić information content (AvgIpc) is 3.17. The maximum absolute atomic E-state index is 12.6. The fraction of sp³-hybridized carbons (Fsp3) is 0.579. The molecule has 5 heteroatoms. The summed E-state index contributed by atoms with van der Waals surface area (Å²) < 4.78 is 0. The average molecular weight is 329 g/mol. The van der Waals surface area contributed by atoms with E-state index >= 15 is 0 Å². The summed E-state index contributed by atoms with van der Waals surface area (Å²) in [7, 11) is 0. The fourth-order valence-electron chi connectivity index (χ4n) is 4.34. The van der Waals surface area contributed by atoms with Gasteiger partial charge in [0.2, 0.25) is 5.91 Å². The van der Waals surface area contributed by atoms with Crippen molar-refractivity contribution in [3.8, 4) is 0 Å². The fourth-order valence-corrected chi connectivity index (χ4v) is 4.34. The number of carbonyl (C=O) groups excluding carboxylic acids is 2. The normalized spacial score (nSPS) is 28.0. The van der Waals surface area contributed by atoms with Crippen molar-refractivity contribution in [3.05, 3.63) is 29.8 Å². The number of carbonyl (C=O) groups is 2. The highest BCUT2D eigenvalue weighted by atomic mass is 16.2. The number of hydrogen-bond acceptors (Lipinski definition) is 3. The number of benzene rings is 1. The minimum Gasteiger partial charge on any atom is -0.339 e. The summed E-state index contributed by atoms with van der Waals surface area (Å²) in [5.74, 6) is 0.930. The van der Waals surface area contributed by atoms with Crippen molar-refractivity contribution >= 4 is 17.5 Å². The third-order valence-electron chi connectivity index (χ3n) is 5.73. The number of fused-ring (bicyclic) bond motifs is 2. The van der Waals surface area contributed by atoms with Gasteiger partial charge in [0.05, 0.1) is 5.92 Å². The third kappa shape index (κ3) is 3.05. The third-order valence-corrected chi connectivity index (χ3v) is 5.73. The predicted octanol–water partition coefficient (Wildman–Crippen LogP) is 2.48. The van der Waals surface area contributed by atoms with E-state index < -0.39 is 0 Å². The second kappa shape index (κ2) is 6.93. The summed E-state index contributed by atoms with van der Waals surface area (Å²) in [6.45, 7) is 5.31. The minimum atomic E-state index is -0.0688. The molecule has 0 aromatic heterocycles. The molecule has 4 atom stereocenters. The number of hydrogen-bond donors (Lipinski definition) is 2. The van der Waals surface area contributed by atoms with Crippen LogP contribution in [0.4, 0.5) is 5.69 Å². The number of nitrogens with one attached hydrogen (secondary N) is 1. The summed E-state index contributed by atoms with van der Waals surface area (Å²) in [5, 5.41) is 2.98. The van der Waals surface area contributed by atoms with Gasteiger partial charge in [-0.1, -0.05) is 0 Å². The molecule has 3 N–H and O–H groups in total. The molecule has 130 valence electrons. The lowest BCUT2D eigenvalue weighted by Gasteiger charge is -2.27. The topological polar surface area (TPSA) is 75.4 Å². The number of anilines is 1. The van der Waals surface area contributed by atoms with E-state index in [2.05, 4.69) is 5.32 Å². The Bertz CT molecular complexity index is 608. The van der Waals surface area contributed by atoms with Crippen LogP contribution in [0.2, 0.25) is 0 Å². The van der Waals surface area contributed by atoms with Crippen LogP contribution in [0.25, 0.3) is 0 Å². The van der Waals surface area contributed by atoms with Crippen molar-refractivity contribution in [2.45, 2.75) is 39.2 Å². The van der Waals surface area contributed by atoms with E-state index in [1.54, 1.807) is 29.2 Å². The summed E-state index contributed by atoms with van der Waals surface area (Å²) >= 11 is 0. The molecule has 0 saturated heterocycles. The van der Waals surface area contributed by atoms with E-state index in [0.717, 1.165) is 24.9 Å². The maximum atomic E-state index is 12.6. The van der Waals surface area contributed by atoms with E-state index in [-0.39, 0.29) is 23.8 Å². The zero-order chi connectivity index (χ0) is 17.3. The lowest BCUT2D eigenvalue weighted by atomic mass is 9.84. The van der Waals surface area contributed by atoms with Crippen molar-refractivity contribution in [1.82, 2.24) is 4.90 Å². The lowest BCUT2D eigenvalue weighted by molar-refractivity contribution is -0.121. The number of nitrogens with two attached hydrogens (primary N) is 1. The largest absolute Gasteiger partial charge is 0.339 e. The van der Waals surface area contributed by atoms with Crippen molar-refractivity contribution in [2.75, 3.05) is 18.4 Å². The Morgan fingerprint density at radius 3 is 2.29 bits per heavy atom. The summed E-state index contributed by atoms with van der Waals surface area (Å²) in [6, 6.07) is 7.14. The first-order chi connectivity index (χ1) is 11.5. The van der Waals surface area contributed by atoms with E-state index in [0.29, 0.717) is 30.5 Å². The molecule has 0 spiro atoms. The van der Waals surface area contributed by atoms with Crippen LogP contribution in [-0.4, -0.2) is 35.8 Å². The highest BCUT2D eigenvalue weighted by Gasteiger charge is 2.49. The van der Waals surface area contributed by atoms with Crippen molar-refractivity contribution < 1.29 is 9.59 Å². The molecule has 2 amide bonds. The van der Waals surface area contributed by atoms with Gasteiger partial charge < -0.3 is 16.0 Å². The Kier molecular flexibility index (Phi) is 4.90. The molecule has 1 aromatic carbocycles. The quantitative estimate of drug-likeness (QED) is 0.871. The highest BCUT2D eigenvalue weighted by Crippen LogP contribution is 2.47. The number of rotatable bonds is 5. The standard InChI is InChI=1S/C19H27N3O2/c1-3-22(4-2)19(24)12-7-9-15(10-8-12)21-18(23)16-13-5-6-14(11-13)17(16)20/h7-10,13-14,16-17H,3-6,11,20H2,1-2H3,(H,21,23). The van der Waals surface area contributed by atoms with Crippen LogP contribution in [0, 0.1) is 17.8 Å². The van der Waals surface area contributed by atoms with Gasteiger partial charge in [-0.25, -0.2) is 0 Å². The zero-order valence-corrected chi connectivity index (χ0v) is 14.5. The molecule has 4 unspecified atom stereocenters. The SMILES string of the molecule is CCN(CC)C(=O)c1ccc(NC(=O)C2C3CCC(C3)C2N)cc1. The second-order valence-electron chi connectivity index (χ2n) is 6.98. The van der Waals surface area contributed by atoms with Crippen LogP contribution in [0.5, 0.6) is 0 Å². The van der Waals surface area contributed by atoms with Gasteiger partial charge in [0.25, 0.3) is 5.91 Å². The Morgan fingerprint density at radius 2 is 1.75 bits per heavy atom. The second-order valence-corrected chi connectivity index (χ2v) is 6.98. The van der Waals surface area contributed by atoms with Gasteiger partial charge >= 0.3 is 0 Å². The van der Waals surface area contributed by atoms with Crippen LogP contribution in [0.15, 0.2) is 24.3 Å². The Hall–Kier alpha value is -1.88. The Morgan fingerprint density at radius 1 is 1.12 bits per heavy atom. The van der Waals surface area contributed by atoms with E-state index in [1.807, 2.05) is 13.8 Å². The molecular formula is C19H27N3O2. The lowest BCUT2D eigenvalue weighted by Crippen LogP contribution is -2.42. The molecule has 2 saturated carbocycles. The first kappa shape index (κ1) is 17.0. The molecule has 2 aliphatic rings. The highest BCUT2D eigenvalue weighted by molar-refractivity contribution is 5.96. The Labute approximate surface area is 143 Å². The molecular weight excluding hydrogens is 302 g/mol. The monoisotopic (exact) mass is 329 g/mol. The molecule has 5 nitrogen and oxygen atoms in total. The van der Waals surface area contributed by atoms with Crippen LogP contribution < -0.4 is 11.1 Å². The van der Waals surface area contributed by atoms with Crippen molar-refractivity contribution in [1.29, 1.82) is 0 Å². The van der Waals surface area contributed by atoms with Crippen LogP contribution in [-0.2, 0) is 4.79 Å². The molecule has 0 aliphatic heterocycles. The molecule has 24 heavy (non-hydrogen) atoms. The van der Waals surface area contributed by atoms with Gasteiger partial charge in [0.1, 0.15) is 0 Å². The molecule has 2 fully saturated rings. The van der Waals surface area contributed by atoms with Gasteiger partial charge in [0, 0.05) is 30.4 Å². The van der Waals surface area contributed by atoms with Crippen LogP contribution >= 0.6 is 0 Å². The molecule has 2 aliphatic carbocycles. The van der Waals surface area contributed by atoms with E-state index in [4.69, 9.17) is 5.73 Å². The minimum absolute atomic E-state index is 0.00716. The van der Waals surface area contributed by atoms with E-state index in [9.17, 15) is 9.59 Å². The van der Waals surface area contributed by atoms with Gasteiger partial charge in [-0.05, 0) is 69.2 Å². The molecule has 0 radical (unpaired) electrons. The predicted molar refractivity (Wildman–Crippen MR) is 94.6 cm³/mol.